The van der Waals surface area contributed by atoms with Crippen LogP contribution in [0.4, 0.5) is 0 Å². The van der Waals surface area contributed by atoms with E-state index in [4.69, 9.17) is 9.84 Å². The highest BCUT2D eigenvalue weighted by Gasteiger charge is 2.06. The van der Waals surface area contributed by atoms with Gasteiger partial charge in [0.05, 0.1) is 13.0 Å². The molecule has 0 aliphatic carbocycles. The molecule has 0 aliphatic rings. The van der Waals surface area contributed by atoms with Crippen molar-refractivity contribution in [2.24, 2.45) is 11.8 Å². The van der Waals surface area contributed by atoms with E-state index in [1.54, 1.807) is 12.1 Å². The van der Waals surface area contributed by atoms with Crippen LogP contribution in [0.5, 0.6) is 5.75 Å². The van der Waals surface area contributed by atoms with Crippen LogP contribution in [0, 0.1) is 11.8 Å². The highest BCUT2D eigenvalue weighted by Crippen LogP contribution is 2.16. The summed E-state index contributed by atoms with van der Waals surface area (Å²) in [6, 6.07) is 7.27. The van der Waals surface area contributed by atoms with Gasteiger partial charge in [-0.15, -0.1) is 0 Å². The molecule has 1 aromatic carbocycles. The maximum absolute atomic E-state index is 10.5. The first-order valence-corrected chi connectivity index (χ1v) is 6.41. The number of carboxylic acid groups (broad SMARTS) is 1. The number of hydrogen-bond acceptors (Lipinski definition) is 2. The summed E-state index contributed by atoms with van der Waals surface area (Å²) in [6.45, 7) is 7.30. The molecular formula is C15H22O3. The third-order valence-electron chi connectivity index (χ3n) is 2.69. The SMILES string of the molecule is CC(C)CC(C)COc1ccc(CC(=O)O)cc1. The molecule has 0 fully saturated rings. The van der Waals surface area contributed by atoms with E-state index in [-0.39, 0.29) is 6.42 Å². The summed E-state index contributed by atoms with van der Waals surface area (Å²) < 4.78 is 5.68. The van der Waals surface area contributed by atoms with Gasteiger partial charge in [0.25, 0.3) is 0 Å². The number of hydrogen-bond donors (Lipinski definition) is 1. The molecule has 1 N–H and O–H groups in total. The van der Waals surface area contributed by atoms with Crippen molar-refractivity contribution in [3.63, 3.8) is 0 Å². The van der Waals surface area contributed by atoms with E-state index in [0.717, 1.165) is 17.7 Å². The lowest BCUT2D eigenvalue weighted by molar-refractivity contribution is -0.136. The zero-order valence-electron chi connectivity index (χ0n) is 11.3. The van der Waals surface area contributed by atoms with Crippen LogP contribution in [0.15, 0.2) is 24.3 Å². The fourth-order valence-corrected chi connectivity index (χ4v) is 1.99. The summed E-state index contributed by atoms with van der Waals surface area (Å²) in [5.74, 6) is 1.21. The van der Waals surface area contributed by atoms with Crippen LogP contribution in [0.3, 0.4) is 0 Å². The first kappa shape index (κ1) is 14.6. The van der Waals surface area contributed by atoms with E-state index in [0.29, 0.717) is 18.4 Å². The normalized spacial score (nSPS) is 12.4. The zero-order valence-corrected chi connectivity index (χ0v) is 11.3. The lowest BCUT2D eigenvalue weighted by Crippen LogP contribution is -2.11. The van der Waals surface area contributed by atoms with E-state index in [1.165, 1.54) is 0 Å². The Hall–Kier alpha value is -1.51. The molecule has 0 aromatic heterocycles. The van der Waals surface area contributed by atoms with Crippen molar-refractivity contribution < 1.29 is 14.6 Å². The molecule has 3 heteroatoms. The molecular weight excluding hydrogens is 228 g/mol. The molecule has 0 bridgehead atoms. The average Bonchev–Trinajstić information content (AvgIpc) is 2.26. The van der Waals surface area contributed by atoms with Crippen LogP contribution >= 0.6 is 0 Å². The lowest BCUT2D eigenvalue weighted by Gasteiger charge is -2.15. The van der Waals surface area contributed by atoms with Gasteiger partial charge < -0.3 is 9.84 Å². The molecule has 1 aromatic rings. The van der Waals surface area contributed by atoms with Crippen molar-refractivity contribution in [1.82, 2.24) is 0 Å². The van der Waals surface area contributed by atoms with Crippen molar-refractivity contribution in [3.8, 4) is 5.75 Å². The van der Waals surface area contributed by atoms with Gasteiger partial charge in [0.15, 0.2) is 0 Å². The maximum Gasteiger partial charge on any atom is 0.307 e. The summed E-state index contributed by atoms with van der Waals surface area (Å²) in [7, 11) is 0. The van der Waals surface area contributed by atoms with Crippen LogP contribution in [0.2, 0.25) is 0 Å². The lowest BCUT2D eigenvalue weighted by atomic mass is 10.00. The zero-order chi connectivity index (χ0) is 13.5. The van der Waals surface area contributed by atoms with E-state index in [1.807, 2.05) is 12.1 Å². The van der Waals surface area contributed by atoms with Crippen LogP contribution in [-0.4, -0.2) is 17.7 Å². The van der Waals surface area contributed by atoms with E-state index in [2.05, 4.69) is 20.8 Å². The average molecular weight is 250 g/mol. The molecule has 0 saturated carbocycles. The summed E-state index contributed by atoms with van der Waals surface area (Å²) >= 11 is 0. The molecule has 0 radical (unpaired) electrons. The minimum Gasteiger partial charge on any atom is -0.493 e. The summed E-state index contributed by atoms with van der Waals surface area (Å²) in [5.41, 5.74) is 0.796. The molecule has 0 amide bonds. The van der Waals surface area contributed by atoms with Gasteiger partial charge in [-0.1, -0.05) is 32.9 Å². The number of rotatable bonds is 7. The van der Waals surface area contributed by atoms with E-state index in [9.17, 15) is 4.79 Å². The number of ether oxygens (including phenoxy) is 1. The first-order chi connectivity index (χ1) is 8.47. The van der Waals surface area contributed by atoms with Gasteiger partial charge in [0.2, 0.25) is 0 Å². The third kappa shape index (κ3) is 5.71. The molecule has 0 saturated heterocycles. The fourth-order valence-electron chi connectivity index (χ4n) is 1.99. The topological polar surface area (TPSA) is 46.5 Å². The predicted octanol–water partition coefficient (Wildman–Crippen LogP) is 3.37. The first-order valence-electron chi connectivity index (χ1n) is 6.41. The Morgan fingerprint density at radius 2 is 1.83 bits per heavy atom. The van der Waals surface area contributed by atoms with E-state index < -0.39 is 5.97 Å². The predicted molar refractivity (Wildman–Crippen MR) is 71.9 cm³/mol. The van der Waals surface area contributed by atoms with Gasteiger partial charge >= 0.3 is 5.97 Å². The van der Waals surface area contributed by atoms with Gasteiger partial charge in [-0.2, -0.15) is 0 Å². The Morgan fingerprint density at radius 1 is 1.22 bits per heavy atom. The molecule has 18 heavy (non-hydrogen) atoms. The maximum atomic E-state index is 10.5. The van der Waals surface area contributed by atoms with Crippen molar-refractivity contribution in [3.05, 3.63) is 29.8 Å². The molecule has 0 spiro atoms. The monoisotopic (exact) mass is 250 g/mol. The molecule has 1 atom stereocenters. The van der Waals surface area contributed by atoms with Gasteiger partial charge in [-0.3, -0.25) is 4.79 Å². The van der Waals surface area contributed by atoms with E-state index >= 15 is 0 Å². The minimum atomic E-state index is -0.811. The minimum absolute atomic E-state index is 0.0596. The summed E-state index contributed by atoms with van der Waals surface area (Å²) in [5, 5.41) is 8.66. The Morgan fingerprint density at radius 3 is 2.33 bits per heavy atom. The second-order valence-corrected chi connectivity index (χ2v) is 5.26. The molecule has 1 rings (SSSR count). The fraction of sp³-hybridized carbons (Fsp3) is 0.533. The number of carbonyl (C=O) groups is 1. The standard InChI is InChI=1S/C15H22O3/c1-11(2)8-12(3)10-18-14-6-4-13(5-7-14)9-15(16)17/h4-7,11-12H,8-10H2,1-3H3,(H,16,17). The number of aliphatic carboxylic acids is 1. The van der Waals surface area contributed by atoms with Crippen molar-refractivity contribution in [2.75, 3.05) is 6.61 Å². The Labute approximate surface area is 109 Å². The van der Waals surface area contributed by atoms with Crippen molar-refractivity contribution >= 4 is 5.97 Å². The molecule has 1 unspecified atom stereocenters. The van der Waals surface area contributed by atoms with Crippen LogP contribution < -0.4 is 4.74 Å². The molecule has 0 aliphatic heterocycles. The van der Waals surface area contributed by atoms with Gasteiger partial charge in [0, 0.05) is 0 Å². The second kappa shape index (κ2) is 7.04. The summed E-state index contributed by atoms with van der Waals surface area (Å²) in [4.78, 5) is 10.5. The van der Waals surface area contributed by atoms with Gasteiger partial charge in [-0.05, 0) is 36.0 Å². The Bertz CT molecular complexity index is 368. The Balaban J connectivity index is 2.41. The number of benzene rings is 1. The quantitative estimate of drug-likeness (QED) is 0.807. The third-order valence-corrected chi connectivity index (χ3v) is 2.69. The molecule has 3 nitrogen and oxygen atoms in total. The van der Waals surface area contributed by atoms with Crippen molar-refractivity contribution in [2.45, 2.75) is 33.6 Å². The second-order valence-electron chi connectivity index (χ2n) is 5.26. The molecule has 100 valence electrons. The summed E-state index contributed by atoms with van der Waals surface area (Å²) in [6.07, 6.45) is 1.21. The molecule has 0 heterocycles. The smallest absolute Gasteiger partial charge is 0.307 e. The highest BCUT2D eigenvalue weighted by molar-refractivity contribution is 5.70. The highest BCUT2D eigenvalue weighted by atomic mass is 16.5. The van der Waals surface area contributed by atoms with Crippen LogP contribution in [0.25, 0.3) is 0 Å². The number of carboxylic acids is 1. The Kier molecular flexibility index (Phi) is 5.69. The van der Waals surface area contributed by atoms with Gasteiger partial charge in [-0.25, -0.2) is 0 Å². The largest absolute Gasteiger partial charge is 0.493 e. The van der Waals surface area contributed by atoms with Crippen LogP contribution in [0.1, 0.15) is 32.8 Å². The van der Waals surface area contributed by atoms with Crippen LogP contribution in [-0.2, 0) is 11.2 Å². The van der Waals surface area contributed by atoms with Crippen molar-refractivity contribution in [1.29, 1.82) is 0 Å². The van der Waals surface area contributed by atoms with Gasteiger partial charge in [0.1, 0.15) is 5.75 Å².